The number of hydrogen-bond donors (Lipinski definition) is 2. The second-order valence-corrected chi connectivity index (χ2v) is 6.76. The van der Waals surface area contributed by atoms with Crippen LogP contribution in [0, 0.1) is 0 Å². The first-order valence-electron chi connectivity index (χ1n) is 9.22. The number of ether oxygens (including phenoxy) is 1. The minimum absolute atomic E-state index is 0.0556. The summed E-state index contributed by atoms with van der Waals surface area (Å²) in [5, 5.41) is 4.60. The number of nitrogens with one attached hydrogen (secondary N) is 2. The molecule has 0 fully saturated rings. The minimum atomic E-state index is 0.0556. The van der Waals surface area contributed by atoms with Crippen LogP contribution in [0.15, 0.2) is 54.7 Å². The number of carbonyl (C=O) groups is 1. The first-order valence-corrected chi connectivity index (χ1v) is 9.22. The Morgan fingerprint density at radius 1 is 1.15 bits per heavy atom. The van der Waals surface area contributed by atoms with Gasteiger partial charge in [-0.1, -0.05) is 36.4 Å². The van der Waals surface area contributed by atoms with Gasteiger partial charge in [0.1, 0.15) is 5.75 Å². The molecule has 1 amide bonds. The lowest BCUT2D eigenvalue weighted by molar-refractivity contribution is -0.129. The molecule has 5 heteroatoms. The minimum Gasteiger partial charge on any atom is -0.496 e. The summed E-state index contributed by atoms with van der Waals surface area (Å²) in [6, 6.07) is 16.3. The van der Waals surface area contributed by atoms with Gasteiger partial charge in [-0.05, 0) is 31.2 Å². The predicted molar refractivity (Wildman–Crippen MR) is 109 cm³/mol. The van der Waals surface area contributed by atoms with Gasteiger partial charge in [0.15, 0.2) is 0 Å². The van der Waals surface area contributed by atoms with Gasteiger partial charge in [0.25, 0.3) is 0 Å². The Morgan fingerprint density at radius 3 is 2.63 bits per heavy atom. The molecule has 1 atom stereocenters. The number of hydrogen-bond acceptors (Lipinski definition) is 3. The van der Waals surface area contributed by atoms with Crippen molar-refractivity contribution in [2.75, 3.05) is 20.7 Å². The third-order valence-electron chi connectivity index (χ3n) is 4.99. The van der Waals surface area contributed by atoms with Crippen molar-refractivity contribution in [3.05, 3.63) is 65.9 Å². The van der Waals surface area contributed by atoms with E-state index in [0.717, 1.165) is 23.3 Å². The Bertz CT molecular complexity index is 903. The number of rotatable bonds is 8. The van der Waals surface area contributed by atoms with Crippen LogP contribution in [0.25, 0.3) is 10.9 Å². The highest BCUT2D eigenvalue weighted by atomic mass is 16.5. The average molecular weight is 365 g/mol. The van der Waals surface area contributed by atoms with Gasteiger partial charge >= 0.3 is 0 Å². The maximum Gasteiger partial charge on any atom is 0.219 e. The molecule has 0 aliphatic heterocycles. The molecule has 1 aromatic heterocycles. The molecule has 0 aliphatic rings. The van der Waals surface area contributed by atoms with Crippen molar-refractivity contribution in [3.8, 4) is 5.75 Å². The van der Waals surface area contributed by atoms with Gasteiger partial charge < -0.3 is 19.9 Å². The molecule has 0 saturated heterocycles. The summed E-state index contributed by atoms with van der Waals surface area (Å²) in [7, 11) is 3.60. The van der Waals surface area contributed by atoms with Gasteiger partial charge in [0.2, 0.25) is 5.91 Å². The number of likely N-dealkylation sites (N-methyl/N-ethyl adjacent to an activating group) is 1. The first-order chi connectivity index (χ1) is 13.1. The lowest BCUT2D eigenvalue weighted by Crippen LogP contribution is -2.42. The Kier molecular flexibility index (Phi) is 6.14. The zero-order valence-electron chi connectivity index (χ0n) is 16.2. The van der Waals surface area contributed by atoms with Crippen molar-refractivity contribution < 1.29 is 9.53 Å². The normalized spacial score (nSPS) is 12.1. The van der Waals surface area contributed by atoms with Crippen molar-refractivity contribution in [2.45, 2.75) is 25.9 Å². The Balaban J connectivity index is 1.75. The first kappa shape index (κ1) is 19.0. The van der Waals surface area contributed by atoms with E-state index in [9.17, 15) is 4.79 Å². The molecule has 2 aromatic carbocycles. The van der Waals surface area contributed by atoms with E-state index in [2.05, 4.69) is 34.7 Å². The summed E-state index contributed by atoms with van der Waals surface area (Å²) in [5.74, 6) is 0.862. The number of carbonyl (C=O) groups excluding carboxylic acids is 1. The molecule has 3 aromatic rings. The number of nitrogens with zero attached hydrogens (tertiary/aromatic N) is 1. The van der Waals surface area contributed by atoms with Crippen LogP contribution >= 0.6 is 0 Å². The second kappa shape index (κ2) is 8.73. The van der Waals surface area contributed by atoms with Crippen LogP contribution in [0.3, 0.4) is 0 Å². The second-order valence-electron chi connectivity index (χ2n) is 6.76. The molecule has 5 nitrogen and oxygen atoms in total. The zero-order chi connectivity index (χ0) is 19.2. The molecule has 0 radical (unpaired) electrons. The van der Waals surface area contributed by atoms with Crippen LogP contribution < -0.4 is 10.1 Å². The van der Waals surface area contributed by atoms with Crippen LogP contribution in [-0.4, -0.2) is 42.5 Å². The third kappa shape index (κ3) is 4.49. The van der Waals surface area contributed by atoms with Gasteiger partial charge in [-0.15, -0.1) is 0 Å². The largest absolute Gasteiger partial charge is 0.496 e. The molecule has 0 spiro atoms. The fourth-order valence-corrected chi connectivity index (χ4v) is 3.43. The molecule has 27 heavy (non-hydrogen) atoms. The Hall–Kier alpha value is -2.79. The Morgan fingerprint density at radius 2 is 1.89 bits per heavy atom. The van der Waals surface area contributed by atoms with E-state index in [1.165, 1.54) is 10.9 Å². The number of para-hydroxylation sites is 2. The molecule has 1 heterocycles. The maximum absolute atomic E-state index is 12.3. The van der Waals surface area contributed by atoms with E-state index < -0.39 is 0 Å². The fraction of sp³-hybridized carbons (Fsp3) is 0.318. The predicted octanol–water partition coefficient (Wildman–Crippen LogP) is 3.36. The SMILES string of the molecule is CN[C@H](Cc1c[nH]c2ccccc12)CN(Cc1ccccc1OC)C(C)=O. The number of aromatic amines is 1. The number of H-pyrrole nitrogens is 1. The van der Waals surface area contributed by atoms with Crippen molar-refractivity contribution in [1.82, 2.24) is 15.2 Å². The van der Waals surface area contributed by atoms with Crippen molar-refractivity contribution >= 4 is 16.8 Å². The van der Waals surface area contributed by atoms with E-state index in [4.69, 9.17) is 4.74 Å². The molecule has 0 saturated carbocycles. The zero-order valence-corrected chi connectivity index (χ0v) is 16.2. The van der Waals surface area contributed by atoms with Gasteiger partial charge in [0.05, 0.1) is 7.11 Å². The van der Waals surface area contributed by atoms with E-state index in [0.29, 0.717) is 13.1 Å². The van der Waals surface area contributed by atoms with Gasteiger partial charge in [0, 0.05) is 48.7 Å². The number of fused-ring (bicyclic) bond motifs is 1. The summed E-state index contributed by atoms with van der Waals surface area (Å²) in [6.45, 7) is 2.78. The molecular formula is C22H27N3O2. The molecule has 0 bridgehead atoms. The Labute approximate surface area is 160 Å². The van der Waals surface area contributed by atoms with Crippen LogP contribution in [0.1, 0.15) is 18.1 Å². The standard InChI is InChI=1S/C22H27N3O2/c1-16(26)25(14-17-8-4-7-11-22(17)27-3)15-19(23-2)12-18-13-24-21-10-6-5-9-20(18)21/h4-11,13,19,23-24H,12,14-15H2,1-3H3/t19-/m1/s1. The van der Waals surface area contributed by atoms with E-state index >= 15 is 0 Å². The number of methoxy groups -OCH3 is 1. The van der Waals surface area contributed by atoms with Gasteiger partial charge in [-0.3, -0.25) is 4.79 Å². The molecular weight excluding hydrogens is 338 g/mol. The highest BCUT2D eigenvalue weighted by Gasteiger charge is 2.18. The summed E-state index contributed by atoms with van der Waals surface area (Å²) in [6.07, 6.45) is 2.91. The quantitative estimate of drug-likeness (QED) is 0.644. The smallest absolute Gasteiger partial charge is 0.219 e. The highest BCUT2D eigenvalue weighted by Crippen LogP contribution is 2.21. The topological polar surface area (TPSA) is 57.4 Å². The van der Waals surface area contributed by atoms with Crippen LogP contribution in [0.5, 0.6) is 5.75 Å². The fourth-order valence-electron chi connectivity index (χ4n) is 3.43. The number of benzene rings is 2. The highest BCUT2D eigenvalue weighted by molar-refractivity contribution is 5.83. The summed E-state index contributed by atoms with van der Waals surface area (Å²) < 4.78 is 5.43. The van der Waals surface area contributed by atoms with Crippen LogP contribution in [0.2, 0.25) is 0 Å². The summed E-state index contributed by atoms with van der Waals surface area (Å²) in [4.78, 5) is 17.5. The molecule has 142 valence electrons. The van der Waals surface area contributed by atoms with E-state index in [1.807, 2.05) is 42.3 Å². The molecule has 0 aliphatic carbocycles. The molecule has 2 N–H and O–H groups in total. The number of aromatic nitrogens is 1. The number of amides is 1. The van der Waals surface area contributed by atoms with Crippen LogP contribution in [0.4, 0.5) is 0 Å². The average Bonchev–Trinajstić information content (AvgIpc) is 3.10. The monoisotopic (exact) mass is 365 g/mol. The summed E-state index contributed by atoms with van der Waals surface area (Å²) >= 11 is 0. The van der Waals surface area contributed by atoms with Crippen molar-refractivity contribution in [2.24, 2.45) is 0 Å². The maximum atomic E-state index is 12.3. The third-order valence-corrected chi connectivity index (χ3v) is 4.99. The van der Waals surface area contributed by atoms with Gasteiger partial charge in [-0.2, -0.15) is 0 Å². The van der Waals surface area contributed by atoms with E-state index in [1.54, 1.807) is 14.0 Å². The summed E-state index contributed by atoms with van der Waals surface area (Å²) in [5.41, 5.74) is 3.41. The van der Waals surface area contributed by atoms with Crippen molar-refractivity contribution in [1.29, 1.82) is 0 Å². The van der Waals surface area contributed by atoms with Crippen LogP contribution in [-0.2, 0) is 17.8 Å². The van der Waals surface area contributed by atoms with E-state index in [-0.39, 0.29) is 11.9 Å². The molecule has 0 unspecified atom stereocenters. The van der Waals surface area contributed by atoms with Gasteiger partial charge in [-0.25, -0.2) is 0 Å². The lowest BCUT2D eigenvalue weighted by Gasteiger charge is -2.27. The lowest BCUT2D eigenvalue weighted by atomic mass is 10.0. The molecule has 3 rings (SSSR count). The van der Waals surface area contributed by atoms with Crippen molar-refractivity contribution in [3.63, 3.8) is 0 Å².